The van der Waals surface area contributed by atoms with Crippen LogP contribution in [0.15, 0.2) is 65.2 Å². The molecule has 1 saturated carbocycles. The number of nitrogens with zero attached hydrogens (tertiary/aromatic N) is 3. The second-order valence-electron chi connectivity index (χ2n) is 14.0. The number of esters is 1. The van der Waals surface area contributed by atoms with Crippen LogP contribution < -0.4 is 10.1 Å². The van der Waals surface area contributed by atoms with E-state index in [0.29, 0.717) is 42.4 Å². The number of amides is 2. The van der Waals surface area contributed by atoms with Crippen molar-refractivity contribution in [1.29, 1.82) is 0 Å². The molecule has 3 aromatic rings. The minimum atomic E-state index is -3.66. The van der Waals surface area contributed by atoms with Gasteiger partial charge in [-0.25, -0.2) is 23.5 Å². The van der Waals surface area contributed by atoms with Crippen molar-refractivity contribution in [3.8, 4) is 17.1 Å². The molecule has 0 radical (unpaired) electrons. The number of aliphatic hydroxyl groups excluding tert-OH is 1. The molecule has 1 aliphatic carbocycles. The number of alkyl halides is 2. The van der Waals surface area contributed by atoms with E-state index in [4.69, 9.17) is 24.5 Å². The van der Waals surface area contributed by atoms with Crippen LogP contribution in [0.1, 0.15) is 58.3 Å². The summed E-state index contributed by atoms with van der Waals surface area (Å²) in [5.41, 5.74) is 1.32. The Morgan fingerprint density at radius 2 is 1.85 bits per heavy atom. The van der Waals surface area contributed by atoms with Gasteiger partial charge in [0.15, 0.2) is 12.4 Å². The van der Waals surface area contributed by atoms with E-state index < -0.39 is 60.7 Å². The number of fused-ring (bicyclic) bond motifs is 3. The number of carbonyl (C=O) groups is 4. The molecule has 6 rings (SSSR count). The summed E-state index contributed by atoms with van der Waals surface area (Å²) in [7, 11) is 0. The monoisotopic (exact) mass is 812 g/mol. The van der Waals surface area contributed by atoms with Gasteiger partial charge in [-0.1, -0.05) is 65.2 Å². The second kappa shape index (κ2) is 16.9. The highest BCUT2D eigenvalue weighted by Gasteiger charge is 2.61. The molecule has 1 aromatic heterocycles. The van der Waals surface area contributed by atoms with Gasteiger partial charge in [-0.05, 0) is 62.8 Å². The number of benzene rings is 2. The topological polar surface area (TPSA) is 157 Å². The van der Waals surface area contributed by atoms with Gasteiger partial charge in [-0.2, -0.15) is 0 Å². The van der Waals surface area contributed by atoms with Gasteiger partial charge in [0.1, 0.15) is 24.4 Å². The van der Waals surface area contributed by atoms with Gasteiger partial charge in [-0.15, -0.1) is 0 Å². The van der Waals surface area contributed by atoms with Crippen LogP contribution in [-0.2, 0) is 23.9 Å². The number of para-hydroxylation sites is 2. The number of Topliss-reactive ketones (excluding diaryl/α,β-unsaturated/α-hetero) is 1. The third-order valence-corrected chi connectivity index (χ3v) is 10.6. The largest absolute Gasteiger partial charge is 0.471 e. The van der Waals surface area contributed by atoms with Crippen LogP contribution in [0.4, 0.5) is 13.6 Å². The molecular formula is C39H43BrF2N4O8. The number of aliphatic hydroxyl groups is 1. The number of carbonyl (C=O) groups excluding carboxylic acids is 4. The van der Waals surface area contributed by atoms with Gasteiger partial charge in [0.2, 0.25) is 11.8 Å². The van der Waals surface area contributed by atoms with Gasteiger partial charge in [-0.3, -0.25) is 14.4 Å². The van der Waals surface area contributed by atoms with E-state index in [-0.39, 0.29) is 50.0 Å². The molecule has 2 aromatic carbocycles. The minimum absolute atomic E-state index is 0.0519. The van der Waals surface area contributed by atoms with Crippen LogP contribution in [0.5, 0.6) is 5.88 Å². The Labute approximate surface area is 319 Å². The third-order valence-electron chi connectivity index (χ3n) is 10.1. The van der Waals surface area contributed by atoms with Crippen molar-refractivity contribution in [2.24, 2.45) is 11.3 Å². The molecule has 2 fully saturated rings. The number of rotatable bonds is 9. The molecule has 54 heavy (non-hydrogen) atoms. The standard InChI is InChI=1S/C39H43BrF2N4O8/c1-2-52-36(50)38-19-25(38)12-6-4-3-5-7-16-30(45-37(51)53-23-39(41,42)22-47)35(49)46-21-27(18-31(46)32(48)20-38)54-34-33(24-11-10-13-26(40)17-24)43-28-14-8-9-15-29(28)44-34/h6,8-15,17,25,27,30-31,47H,2-5,7,16,18-23H2,1H3,(H,45,51)/b12-6-/t25-,27-,30+,31+,38-/m1/s1. The SMILES string of the molecule is CCOC(=O)[C@]12CC(=O)[C@@H]3C[C@@H](Oc4nc5ccccc5nc4-c4cccc(Br)c4)CN3C(=O)[C@@H](NC(=O)OCC(F)(F)CO)CCCCC/C=C\[C@@H]1C2. The molecule has 288 valence electrons. The number of nitrogens with one attached hydrogen (secondary N) is 1. The maximum absolute atomic E-state index is 14.4. The highest BCUT2D eigenvalue weighted by molar-refractivity contribution is 9.10. The first-order chi connectivity index (χ1) is 25.9. The second-order valence-corrected chi connectivity index (χ2v) is 15.0. The molecular weight excluding hydrogens is 770 g/mol. The van der Waals surface area contributed by atoms with Crippen LogP contribution in [0.25, 0.3) is 22.3 Å². The third kappa shape index (κ3) is 9.06. The first-order valence-electron chi connectivity index (χ1n) is 18.2. The van der Waals surface area contributed by atoms with Crippen LogP contribution in [0.3, 0.4) is 0 Å². The van der Waals surface area contributed by atoms with Crippen LogP contribution >= 0.6 is 15.9 Å². The quantitative estimate of drug-likeness (QED) is 0.189. The van der Waals surface area contributed by atoms with Crippen molar-refractivity contribution in [3.63, 3.8) is 0 Å². The van der Waals surface area contributed by atoms with E-state index in [1.54, 1.807) is 13.0 Å². The maximum atomic E-state index is 14.4. The Bertz CT molecular complexity index is 1910. The molecule has 0 bridgehead atoms. The molecule has 15 heteroatoms. The molecule has 3 heterocycles. The molecule has 2 N–H and O–H groups in total. The number of ketones is 1. The summed E-state index contributed by atoms with van der Waals surface area (Å²) in [6.45, 7) is -1.12. The Morgan fingerprint density at radius 1 is 1.07 bits per heavy atom. The van der Waals surface area contributed by atoms with Crippen LogP contribution in [0.2, 0.25) is 0 Å². The Kier molecular flexibility index (Phi) is 12.3. The summed E-state index contributed by atoms with van der Waals surface area (Å²) < 4.78 is 44.9. The molecule has 3 aliphatic rings. The fourth-order valence-corrected chi connectivity index (χ4v) is 7.58. The number of aromatic nitrogens is 2. The lowest BCUT2D eigenvalue weighted by Gasteiger charge is -2.29. The van der Waals surface area contributed by atoms with E-state index in [1.807, 2.05) is 54.6 Å². The molecule has 0 unspecified atom stereocenters. The summed E-state index contributed by atoms with van der Waals surface area (Å²) >= 11 is 3.51. The number of allylic oxidation sites excluding steroid dienone is 2. The van der Waals surface area contributed by atoms with Gasteiger partial charge < -0.3 is 29.5 Å². The molecule has 5 atom stereocenters. The highest BCUT2D eigenvalue weighted by atomic mass is 79.9. The lowest BCUT2D eigenvalue weighted by molar-refractivity contribution is -0.152. The Morgan fingerprint density at radius 3 is 2.59 bits per heavy atom. The predicted octanol–water partition coefficient (Wildman–Crippen LogP) is 6.18. The molecule has 2 amide bonds. The van der Waals surface area contributed by atoms with Crippen molar-refractivity contribution < 1.29 is 47.3 Å². The van der Waals surface area contributed by atoms with Crippen LogP contribution in [0, 0.1) is 11.3 Å². The van der Waals surface area contributed by atoms with Crippen molar-refractivity contribution in [2.45, 2.75) is 82.4 Å². The zero-order valence-corrected chi connectivity index (χ0v) is 31.4. The van der Waals surface area contributed by atoms with E-state index in [2.05, 4.69) is 26.0 Å². The van der Waals surface area contributed by atoms with Crippen LogP contribution in [-0.4, -0.2) is 94.2 Å². The van der Waals surface area contributed by atoms with E-state index in [1.165, 1.54) is 4.90 Å². The predicted molar refractivity (Wildman–Crippen MR) is 197 cm³/mol. The van der Waals surface area contributed by atoms with Crippen molar-refractivity contribution in [2.75, 3.05) is 26.4 Å². The number of ether oxygens (including phenoxy) is 3. The molecule has 0 spiro atoms. The first kappa shape index (κ1) is 39.2. The number of alkyl carbamates (subject to hydrolysis) is 1. The summed E-state index contributed by atoms with van der Waals surface area (Å²) in [6, 6.07) is 12.5. The van der Waals surface area contributed by atoms with E-state index >= 15 is 0 Å². The maximum Gasteiger partial charge on any atom is 0.407 e. The zero-order chi connectivity index (χ0) is 38.5. The van der Waals surface area contributed by atoms with Gasteiger partial charge in [0.05, 0.1) is 35.6 Å². The van der Waals surface area contributed by atoms with Gasteiger partial charge >= 0.3 is 18.0 Å². The summed E-state index contributed by atoms with van der Waals surface area (Å²) in [6.07, 6.45) is 5.08. The average molecular weight is 814 g/mol. The fraction of sp³-hybridized carbons (Fsp3) is 0.487. The van der Waals surface area contributed by atoms with E-state index in [9.17, 15) is 28.0 Å². The summed E-state index contributed by atoms with van der Waals surface area (Å²) in [5.74, 6) is -5.11. The number of hydrogen-bond donors (Lipinski definition) is 2. The van der Waals surface area contributed by atoms with Gasteiger partial charge in [0.25, 0.3) is 0 Å². The summed E-state index contributed by atoms with van der Waals surface area (Å²) in [5, 5.41) is 11.3. The van der Waals surface area contributed by atoms with E-state index in [0.717, 1.165) is 16.5 Å². The molecule has 2 aliphatic heterocycles. The lowest BCUT2D eigenvalue weighted by Crippen LogP contribution is -2.52. The highest BCUT2D eigenvalue weighted by Crippen LogP contribution is 2.57. The molecule has 12 nitrogen and oxygen atoms in total. The Balaban J connectivity index is 1.33. The first-order valence-corrected chi connectivity index (χ1v) is 19.0. The zero-order valence-electron chi connectivity index (χ0n) is 29.8. The lowest BCUT2D eigenvalue weighted by atomic mass is 9.91. The Hall–Kier alpha value is -4.50. The fourth-order valence-electron chi connectivity index (χ4n) is 7.18. The number of halogens is 3. The summed E-state index contributed by atoms with van der Waals surface area (Å²) in [4.78, 5) is 65.9. The molecule has 1 saturated heterocycles. The number of hydrogen-bond acceptors (Lipinski definition) is 10. The average Bonchev–Trinajstić information content (AvgIpc) is 3.69. The smallest absolute Gasteiger partial charge is 0.407 e. The van der Waals surface area contributed by atoms with Crippen molar-refractivity contribution in [3.05, 3.63) is 65.2 Å². The normalized spacial score (nSPS) is 25.5. The van der Waals surface area contributed by atoms with Crippen molar-refractivity contribution >= 4 is 50.7 Å². The van der Waals surface area contributed by atoms with Gasteiger partial charge in [0, 0.05) is 22.9 Å². The van der Waals surface area contributed by atoms with Crippen molar-refractivity contribution in [1.82, 2.24) is 20.2 Å². The minimum Gasteiger partial charge on any atom is -0.471 e.